The Morgan fingerprint density at radius 1 is 1.40 bits per heavy atom. The summed E-state index contributed by atoms with van der Waals surface area (Å²) in [6.45, 7) is 6.20. The van der Waals surface area contributed by atoms with Crippen LogP contribution in [0.3, 0.4) is 0 Å². The molecule has 0 aromatic heterocycles. The number of carbonyl (C=O) groups excluding carboxylic acids is 1. The van der Waals surface area contributed by atoms with Gasteiger partial charge in [0.15, 0.2) is 0 Å². The zero-order valence-electron chi connectivity index (χ0n) is 9.88. The van der Waals surface area contributed by atoms with Gasteiger partial charge in [0.2, 0.25) is 5.91 Å². The fourth-order valence-corrected chi connectivity index (χ4v) is 1.98. The molecule has 1 amide bonds. The van der Waals surface area contributed by atoms with E-state index in [1.807, 2.05) is 7.05 Å². The van der Waals surface area contributed by atoms with Gasteiger partial charge >= 0.3 is 0 Å². The second-order valence-corrected chi connectivity index (χ2v) is 4.33. The number of amides is 1. The molecule has 0 saturated carbocycles. The largest absolute Gasteiger partial charge is 0.352 e. The Kier molecular flexibility index (Phi) is 5.65. The minimum absolute atomic E-state index is 0.149. The van der Waals surface area contributed by atoms with Crippen LogP contribution in [0.1, 0.15) is 26.2 Å². The Bertz CT molecular complexity index is 190. The van der Waals surface area contributed by atoms with E-state index in [4.69, 9.17) is 0 Å². The van der Waals surface area contributed by atoms with Crippen molar-refractivity contribution in [2.24, 2.45) is 0 Å². The fourth-order valence-electron chi connectivity index (χ4n) is 1.98. The molecular weight excluding hydrogens is 190 g/mol. The summed E-state index contributed by atoms with van der Waals surface area (Å²) in [5, 5.41) is 5.99. The molecule has 1 fully saturated rings. The van der Waals surface area contributed by atoms with Gasteiger partial charge in [-0.05, 0) is 39.9 Å². The van der Waals surface area contributed by atoms with Crippen LogP contribution in [0.5, 0.6) is 0 Å². The lowest BCUT2D eigenvalue weighted by Gasteiger charge is -2.21. The van der Waals surface area contributed by atoms with Crippen molar-refractivity contribution in [3.63, 3.8) is 0 Å². The molecule has 0 bridgehead atoms. The number of carbonyl (C=O) groups is 1. The SMILES string of the molecule is CNCCC(=O)NC(C)CN1CCCC1. The summed E-state index contributed by atoms with van der Waals surface area (Å²) >= 11 is 0. The van der Waals surface area contributed by atoms with Gasteiger partial charge in [0.25, 0.3) is 0 Å². The first-order valence-electron chi connectivity index (χ1n) is 5.88. The summed E-state index contributed by atoms with van der Waals surface area (Å²) in [6, 6.07) is 0.271. The van der Waals surface area contributed by atoms with E-state index < -0.39 is 0 Å². The molecule has 1 rings (SSSR count). The van der Waals surface area contributed by atoms with E-state index in [1.165, 1.54) is 25.9 Å². The van der Waals surface area contributed by atoms with Crippen LogP contribution < -0.4 is 10.6 Å². The molecule has 1 aliphatic heterocycles. The number of nitrogens with one attached hydrogen (secondary N) is 2. The van der Waals surface area contributed by atoms with Crippen LogP contribution in [-0.2, 0) is 4.79 Å². The second-order valence-electron chi connectivity index (χ2n) is 4.33. The number of rotatable bonds is 6. The maximum atomic E-state index is 11.4. The quantitative estimate of drug-likeness (QED) is 0.662. The summed E-state index contributed by atoms with van der Waals surface area (Å²) < 4.78 is 0. The highest BCUT2D eigenvalue weighted by Crippen LogP contribution is 2.07. The molecular formula is C11H23N3O. The summed E-state index contributed by atoms with van der Waals surface area (Å²) in [4.78, 5) is 13.8. The van der Waals surface area contributed by atoms with E-state index in [-0.39, 0.29) is 11.9 Å². The van der Waals surface area contributed by atoms with Crippen LogP contribution in [0, 0.1) is 0 Å². The first-order chi connectivity index (χ1) is 7.22. The highest BCUT2D eigenvalue weighted by atomic mass is 16.1. The average molecular weight is 213 g/mol. The Balaban J connectivity index is 2.11. The Morgan fingerprint density at radius 2 is 2.07 bits per heavy atom. The summed E-state index contributed by atoms with van der Waals surface area (Å²) in [6.07, 6.45) is 3.18. The Labute approximate surface area is 92.4 Å². The predicted molar refractivity (Wildman–Crippen MR) is 61.8 cm³/mol. The predicted octanol–water partition coefficient (Wildman–Crippen LogP) is 0.196. The molecule has 1 aliphatic rings. The van der Waals surface area contributed by atoms with E-state index in [0.717, 1.165) is 13.1 Å². The first kappa shape index (κ1) is 12.5. The monoisotopic (exact) mass is 213 g/mol. The normalized spacial score (nSPS) is 19.1. The molecule has 1 atom stereocenters. The minimum atomic E-state index is 0.149. The van der Waals surface area contributed by atoms with Crippen molar-refractivity contribution in [3.8, 4) is 0 Å². The van der Waals surface area contributed by atoms with Gasteiger partial charge in [-0.1, -0.05) is 0 Å². The third-order valence-corrected chi connectivity index (χ3v) is 2.74. The number of likely N-dealkylation sites (tertiary alicyclic amines) is 1. The standard InChI is InChI=1S/C11H23N3O/c1-10(9-14-7-3-4-8-14)13-11(15)5-6-12-2/h10,12H,3-9H2,1-2H3,(H,13,15). The van der Waals surface area contributed by atoms with Gasteiger partial charge in [-0.25, -0.2) is 0 Å². The average Bonchev–Trinajstić information content (AvgIpc) is 2.67. The maximum absolute atomic E-state index is 11.4. The molecule has 4 heteroatoms. The molecule has 0 aliphatic carbocycles. The van der Waals surface area contributed by atoms with E-state index >= 15 is 0 Å². The molecule has 15 heavy (non-hydrogen) atoms. The number of hydrogen-bond acceptors (Lipinski definition) is 3. The molecule has 0 aromatic rings. The molecule has 4 nitrogen and oxygen atoms in total. The van der Waals surface area contributed by atoms with Crippen molar-refractivity contribution in [2.45, 2.75) is 32.2 Å². The van der Waals surface area contributed by atoms with E-state index in [1.54, 1.807) is 0 Å². The molecule has 1 unspecified atom stereocenters. The lowest BCUT2D eigenvalue weighted by atomic mass is 10.3. The highest BCUT2D eigenvalue weighted by Gasteiger charge is 2.15. The van der Waals surface area contributed by atoms with Crippen molar-refractivity contribution < 1.29 is 4.79 Å². The smallest absolute Gasteiger partial charge is 0.221 e. The van der Waals surface area contributed by atoms with Crippen molar-refractivity contribution in [1.29, 1.82) is 0 Å². The second kappa shape index (κ2) is 6.80. The van der Waals surface area contributed by atoms with Gasteiger partial charge in [-0.2, -0.15) is 0 Å². The Morgan fingerprint density at radius 3 is 2.67 bits per heavy atom. The van der Waals surface area contributed by atoms with Crippen LogP contribution in [0.25, 0.3) is 0 Å². The summed E-state index contributed by atoms with van der Waals surface area (Å²) in [5.41, 5.74) is 0. The van der Waals surface area contributed by atoms with Gasteiger partial charge in [0, 0.05) is 25.6 Å². The lowest BCUT2D eigenvalue weighted by Crippen LogP contribution is -2.41. The Hall–Kier alpha value is -0.610. The molecule has 1 saturated heterocycles. The first-order valence-corrected chi connectivity index (χ1v) is 5.88. The van der Waals surface area contributed by atoms with Crippen LogP contribution in [0.15, 0.2) is 0 Å². The molecule has 2 N–H and O–H groups in total. The molecule has 0 radical (unpaired) electrons. The summed E-state index contributed by atoms with van der Waals surface area (Å²) in [5.74, 6) is 0.149. The van der Waals surface area contributed by atoms with Gasteiger partial charge < -0.3 is 15.5 Å². The lowest BCUT2D eigenvalue weighted by molar-refractivity contribution is -0.121. The number of hydrogen-bond donors (Lipinski definition) is 2. The number of nitrogens with zero attached hydrogens (tertiary/aromatic N) is 1. The molecule has 0 spiro atoms. The highest BCUT2D eigenvalue weighted by molar-refractivity contribution is 5.76. The van der Waals surface area contributed by atoms with Crippen LogP contribution in [-0.4, -0.2) is 50.1 Å². The van der Waals surface area contributed by atoms with E-state index in [2.05, 4.69) is 22.5 Å². The van der Waals surface area contributed by atoms with Crippen molar-refractivity contribution in [3.05, 3.63) is 0 Å². The topological polar surface area (TPSA) is 44.4 Å². The van der Waals surface area contributed by atoms with Crippen LogP contribution in [0.2, 0.25) is 0 Å². The van der Waals surface area contributed by atoms with Crippen molar-refractivity contribution in [1.82, 2.24) is 15.5 Å². The molecule has 0 aromatic carbocycles. The third kappa shape index (κ3) is 5.14. The van der Waals surface area contributed by atoms with E-state index in [0.29, 0.717) is 6.42 Å². The molecule has 1 heterocycles. The van der Waals surface area contributed by atoms with Crippen LogP contribution in [0.4, 0.5) is 0 Å². The van der Waals surface area contributed by atoms with Gasteiger partial charge in [-0.15, -0.1) is 0 Å². The zero-order chi connectivity index (χ0) is 11.1. The van der Waals surface area contributed by atoms with Crippen molar-refractivity contribution >= 4 is 5.91 Å². The molecule has 88 valence electrons. The third-order valence-electron chi connectivity index (χ3n) is 2.74. The maximum Gasteiger partial charge on any atom is 0.221 e. The van der Waals surface area contributed by atoms with Gasteiger partial charge in [-0.3, -0.25) is 4.79 Å². The van der Waals surface area contributed by atoms with Gasteiger partial charge in [0.05, 0.1) is 0 Å². The minimum Gasteiger partial charge on any atom is -0.352 e. The zero-order valence-corrected chi connectivity index (χ0v) is 9.88. The van der Waals surface area contributed by atoms with Crippen molar-refractivity contribution in [2.75, 3.05) is 33.2 Å². The summed E-state index contributed by atoms with van der Waals surface area (Å²) in [7, 11) is 1.86. The fraction of sp³-hybridized carbons (Fsp3) is 0.909. The van der Waals surface area contributed by atoms with Gasteiger partial charge in [0.1, 0.15) is 0 Å². The van der Waals surface area contributed by atoms with Crippen LogP contribution >= 0.6 is 0 Å². The van der Waals surface area contributed by atoms with E-state index in [9.17, 15) is 4.79 Å².